The molecule has 0 fully saturated rings. The van der Waals surface area contributed by atoms with Crippen LogP contribution in [0.3, 0.4) is 0 Å². The molecular weight excluding hydrogens is 210 g/mol. The Morgan fingerprint density at radius 1 is 1.69 bits per heavy atom. The first-order valence-corrected chi connectivity index (χ1v) is 4.73. The lowest BCUT2D eigenvalue weighted by Gasteiger charge is -2.02. The van der Waals surface area contributed by atoms with Gasteiger partial charge in [-0.05, 0) is 6.92 Å². The number of nitrogens with zero attached hydrogens (tertiary/aromatic N) is 3. The summed E-state index contributed by atoms with van der Waals surface area (Å²) in [4.78, 5) is 15.4. The van der Waals surface area contributed by atoms with Gasteiger partial charge in [-0.25, -0.2) is 9.78 Å². The van der Waals surface area contributed by atoms with E-state index in [1.54, 1.807) is 23.9 Å². The predicted octanol–water partition coefficient (Wildman–Crippen LogP) is 0.354. The monoisotopic (exact) mass is 221 g/mol. The molecule has 84 valence electrons. The van der Waals surface area contributed by atoms with Crippen LogP contribution in [0.1, 0.15) is 17.4 Å². The third-order valence-corrected chi connectivity index (χ3v) is 2.04. The molecule has 0 bridgehead atoms. The van der Waals surface area contributed by atoms with E-state index in [1.807, 2.05) is 0 Å². The van der Waals surface area contributed by atoms with E-state index in [4.69, 9.17) is 10.5 Å². The number of esters is 1. The molecule has 2 rings (SSSR count). The van der Waals surface area contributed by atoms with Crippen molar-refractivity contribution in [1.29, 1.82) is 0 Å². The Morgan fingerprint density at radius 3 is 3.12 bits per heavy atom. The van der Waals surface area contributed by atoms with Gasteiger partial charge >= 0.3 is 5.97 Å². The normalized spacial score (nSPS) is 10.3. The molecule has 0 aromatic carbocycles. The molecule has 2 heterocycles. The van der Waals surface area contributed by atoms with Crippen LogP contribution in [0, 0.1) is 0 Å². The maximum atomic E-state index is 11.4. The molecular formula is C9H11N5O2. The first-order valence-electron chi connectivity index (χ1n) is 4.73. The Bertz CT molecular complexity index is 488. The molecule has 7 heteroatoms. The SMILES string of the molecule is CCOC(=O)c1ncn(-c2cn[nH]c2)c1N. The molecule has 0 aliphatic rings. The highest BCUT2D eigenvalue weighted by Gasteiger charge is 2.17. The van der Waals surface area contributed by atoms with Crippen LogP contribution >= 0.6 is 0 Å². The van der Waals surface area contributed by atoms with Gasteiger partial charge in [0, 0.05) is 6.20 Å². The number of nitrogens with two attached hydrogens (primary N) is 1. The zero-order valence-corrected chi connectivity index (χ0v) is 8.67. The fraction of sp³-hybridized carbons (Fsp3) is 0.222. The van der Waals surface area contributed by atoms with Crippen LogP contribution in [0.25, 0.3) is 5.69 Å². The van der Waals surface area contributed by atoms with Gasteiger partial charge in [0.15, 0.2) is 5.69 Å². The Labute approximate surface area is 91.2 Å². The number of aromatic amines is 1. The summed E-state index contributed by atoms with van der Waals surface area (Å²) in [5, 5.41) is 6.43. The summed E-state index contributed by atoms with van der Waals surface area (Å²) >= 11 is 0. The molecule has 0 aliphatic heterocycles. The highest BCUT2D eigenvalue weighted by Crippen LogP contribution is 2.16. The molecule has 16 heavy (non-hydrogen) atoms. The molecule has 7 nitrogen and oxygen atoms in total. The summed E-state index contributed by atoms with van der Waals surface area (Å²) in [6, 6.07) is 0. The van der Waals surface area contributed by atoms with Crippen molar-refractivity contribution in [3.8, 4) is 5.69 Å². The van der Waals surface area contributed by atoms with Gasteiger partial charge in [0.05, 0.1) is 18.5 Å². The lowest BCUT2D eigenvalue weighted by molar-refractivity contribution is 0.0521. The average Bonchev–Trinajstić information content (AvgIpc) is 2.86. The summed E-state index contributed by atoms with van der Waals surface area (Å²) in [5.41, 5.74) is 6.61. The number of nitrogen functional groups attached to an aromatic ring is 1. The van der Waals surface area contributed by atoms with Crippen molar-refractivity contribution in [2.75, 3.05) is 12.3 Å². The number of imidazole rings is 1. The van der Waals surface area contributed by atoms with Gasteiger partial charge in [-0.3, -0.25) is 9.67 Å². The Morgan fingerprint density at radius 2 is 2.50 bits per heavy atom. The minimum Gasteiger partial charge on any atom is -0.461 e. The number of carbonyl (C=O) groups is 1. The van der Waals surface area contributed by atoms with Crippen molar-refractivity contribution in [2.45, 2.75) is 6.92 Å². The highest BCUT2D eigenvalue weighted by molar-refractivity contribution is 5.92. The Hall–Kier alpha value is -2.31. The first kappa shape index (κ1) is 10.2. The van der Waals surface area contributed by atoms with E-state index in [0.717, 1.165) is 0 Å². The van der Waals surface area contributed by atoms with Crippen LogP contribution in [0.15, 0.2) is 18.7 Å². The second-order valence-electron chi connectivity index (χ2n) is 3.03. The van der Waals surface area contributed by atoms with E-state index in [-0.39, 0.29) is 18.1 Å². The van der Waals surface area contributed by atoms with E-state index in [0.29, 0.717) is 5.69 Å². The summed E-state index contributed by atoms with van der Waals surface area (Å²) in [6.07, 6.45) is 4.67. The van der Waals surface area contributed by atoms with Crippen LogP contribution in [0.2, 0.25) is 0 Å². The van der Waals surface area contributed by atoms with Crippen molar-refractivity contribution in [2.24, 2.45) is 0 Å². The number of aromatic nitrogens is 4. The predicted molar refractivity (Wildman–Crippen MR) is 56.1 cm³/mol. The largest absolute Gasteiger partial charge is 0.461 e. The maximum absolute atomic E-state index is 11.4. The summed E-state index contributed by atoms with van der Waals surface area (Å²) in [5.74, 6) is -0.290. The van der Waals surface area contributed by atoms with Crippen molar-refractivity contribution in [3.63, 3.8) is 0 Å². The molecule has 0 radical (unpaired) electrons. The van der Waals surface area contributed by atoms with Crippen molar-refractivity contribution < 1.29 is 9.53 Å². The fourth-order valence-electron chi connectivity index (χ4n) is 1.30. The third kappa shape index (κ3) is 1.62. The number of hydrogen-bond acceptors (Lipinski definition) is 5. The summed E-state index contributed by atoms with van der Waals surface area (Å²) in [7, 11) is 0. The van der Waals surface area contributed by atoms with Gasteiger partial charge in [-0.1, -0.05) is 0 Å². The molecule has 0 unspecified atom stereocenters. The zero-order chi connectivity index (χ0) is 11.5. The number of rotatable bonds is 3. The molecule has 2 aromatic heterocycles. The highest BCUT2D eigenvalue weighted by atomic mass is 16.5. The molecule has 2 aromatic rings. The van der Waals surface area contributed by atoms with Crippen LogP contribution in [-0.2, 0) is 4.74 Å². The molecule has 0 saturated carbocycles. The summed E-state index contributed by atoms with van der Waals surface area (Å²) < 4.78 is 6.37. The van der Waals surface area contributed by atoms with Gasteiger partial charge in [-0.15, -0.1) is 0 Å². The van der Waals surface area contributed by atoms with Crippen LogP contribution in [0.4, 0.5) is 5.82 Å². The quantitative estimate of drug-likeness (QED) is 0.729. The van der Waals surface area contributed by atoms with Crippen molar-refractivity contribution in [3.05, 3.63) is 24.4 Å². The van der Waals surface area contributed by atoms with Gasteiger partial charge in [0.1, 0.15) is 12.1 Å². The number of carbonyl (C=O) groups excluding carboxylic acids is 1. The van der Waals surface area contributed by atoms with E-state index in [2.05, 4.69) is 15.2 Å². The van der Waals surface area contributed by atoms with Crippen LogP contribution in [-0.4, -0.2) is 32.3 Å². The van der Waals surface area contributed by atoms with E-state index < -0.39 is 5.97 Å². The van der Waals surface area contributed by atoms with Gasteiger partial charge in [-0.2, -0.15) is 5.10 Å². The second-order valence-corrected chi connectivity index (χ2v) is 3.03. The number of anilines is 1. The van der Waals surface area contributed by atoms with Crippen molar-refractivity contribution >= 4 is 11.8 Å². The van der Waals surface area contributed by atoms with E-state index >= 15 is 0 Å². The van der Waals surface area contributed by atoms with Crippen molar-refractivity contribution in [1.82, 2.24) is 19.7 Å². The Balaban J connectivity index is 2.35. The molecule has 0 amide bonds. The van der Waals surface area contributed by atoms with E-state index in [9.17, 15) is 4.79 Å². The average molecular weight is 221 g/mol. The smallest absolute Gasteiger partial charge is 0.360 e. The van der Waals surface area contributed by atoms with Gasteiger partial charge < -0.3 is 10.5 Å². The molecule has 3 N–H and O–H groups in total. The second kappa shape index (κ2) is 4.05. The number of H-pyrrole nitrogens is 1. The Kier molecular flexibility index (Phi) is 2.59. The molecule has 0 saturated heterocycles. The standard InChI is InChI=1S/C9H11N5O2/c1-2-16-9(15)7-8(10)14(5-11-7)6-3-12-13-4-6/h3-5H,2,10H2,1H3,(H,12,13). The first-order chi connectivity index (χ1) is 7.74. The van der Waals surface area contributed by atoms with Gasteiger partial charge in [0.2, 0.25) is 0 Å². The lowest BCUT2D eigenvalue weighted by Crippen LogP contribution is -2.09. The van der Waals surface area contributed by atoms with Crippen LogP contribution in [0.5, 0.6) is 0 Å². The summed E-state index contributed by atoms with van der Waals surface area (Å²) in [6.45, 7) is 2.01. The zero-order valence-electron chi connectivity index (χ0n) is 8.67. The lowest BCUT2D eigenvalue weighted by atomic mass is 10.4. The van der Waals surface area contributed by atoms with E-state index in [1.165, 1.54) is 6.33 Å². The third-order valence-electron chi connectivity index (χ3n) is 2.04. The number of hydrogen-bond donors (Lipinski definition) is 2. The molecule has 0 spiro atoms. The van der Waals surface area contributed by atoms with Crippen LogP contribution < -0.4 is 5.73 Å². The topological polar surface area (TPSA) is 98.8 Å². The number of nitrogens with one attached hydrogen (secondary N) is 1. The fourth-order valence-corrected chi connectivity index (χ4v) is 1.30. The molecule has 0 atom stereocenters. The maximum Gasteiger partial charge on any atom is 0.360 e. The minimum absolute atomic E-state index is 0.114. The molecule has 0 aliphatic carbocycles. The number of ether oxygens (including phenoxy) is 1. The minimum atomic E-state index is -0.526. The van der Waals surface area contributed by atoms with Gasteiger partial charge in [0.25, 0.3) is 0 Å².